The fourth-order valence-corrected chi connectivity index (χ4v) is 0.409. The van der Waals surface area contributed by atoms with Gasteiger partial charge in [-0.3, -0.25) is 4.79 Å². The van der Waals surface area contributed by atoms with E-state index in [0.717, 1.165) is 0 Å². The molecule has 0 aliphatic carbocycles. The average molecular weight is 110 g/mol. The SMILES string of the molecule is Cc1ccn[nH]c1=O. The van der Waals surface area contributed by atoms with Crippen molar-refractivity contribution >= 4 is 0 Å². The highest BCUT2D eigenvalue weighted by molar-refractivity contribution is 5.01. The average Bonchev–Trinajstić information content (AvgIpc) is 1.77. The van der Waals surface area contributed by atoms with E-state index in [0.29, 0.717) is 5.56 Å². The first kappa shape index (κ1) is 5.03. The molecule has 3 heteroatoms. The minimum atomic E-state index is -0.118. The van der Waals surface area contributed by atoms with Gasteiger partial charge in [0, 0.05) is 11.8 Å². The third-order valence-corrected chi connectivity index (χ3v) is 0.923. The monoisotopic (exact) mass is 110 g/mol. The number of nitrogens with one attached hydrogen (secondary N) is 1. The van der Waals surface area contributed by atoms with Gasteiger partial charge in [0.25, 0.3) is 5.56 Å². The van der Waals surface area contributed by atoms with Crippen molar-refractivity contribution in [3.05, 3.63) is 28.2 Å². The van der Waals surface area contributed by atoms with Crippen LogP contribution in [0.15, 0.2) is 17.1 Å². The van der Waals surface area contributed by atoms with Gasteiger partial charge in [0.2, 0.25) is 0 Å². The highest BCUT2D eigenvalue weighted by atomic mass is 16.1. The van der Waals surface area contributed by atoms with Crippen molar-refractivity contribution in [1.29, 1.82) is 0 Å². The predicted molar refractivity (Wildman–Crippen MR) is 29.6 cm³/mol. The Morgan fingerprint density at radius 3 is 2.88 bits per heavy atom. The molecule has 0 aromatic carbocycles. The Labute approximate surface area is 46.4 Å². The second-order valence-electron chi connectivity index (χ2n) is 1.57. The van der Waals surface area contributed by atoms with Crippen molar-refractivity contribution in [2.24, 2.45) is 0 Å². The van der Waals surface area contributed by atoms with Crippen molar-refractivity contribution in [2.75, 3.05) is 0 Å². The molecule has 0 aliphatic rings. The zero-order chi connectivity index (χ0) is 5.98. The third-order valence-electron chi connectivity index (χ3n) is 0.923. The van der Waals surface area contributed by atoms with E-state index in [9.17, 15) is 4.79 Å². The van der Waals surface area contributed by atoms with E-state index in [4.69, 9.17) is 0 Å². The summed E-state index contributed by atoms with van der Waals surface area (Å²) in [6.45, 7) is 1.74. The summed E-state index contributed by atoms with van der Waals surface area (Å²) in [4.78, 5) is 10.5. The Hall–Kier alpha value is -1.12. The molecule has 1 rings (SSSR count). The Morgan fingerprint density at radius 2 is 2.50 bits per heavy atom. The van der Waals surface area contributed by atoms with E-state index in [2.05, 4.69) is 10.2 Å². The van der Waals surface area contributed by atoms with Gasteiger partial charge in [-0.15, -0.1) is 0 Å². The maximum absolute atomic E-state index is 10.5. The highest BCUT2D eigenvalue weighted by Gasteiger charge is 1.84. The van der Waals surface area contributed by atoms with E-state index in [1.807, 2.05) is 0 Å². The molecule has 1 aromatic heterocycles. The Balaban J connectivity index is 3.35. The van der Waals surface area contributed by atoms with Crippen LogP contribution < -0.4 is 5.56 Å². The van der Waals surface area contributed by atoms with Gasteiger partial charge in [-0.25, -0.2) is 5.10 Å². The molecule has 1 heterocycles. The van der Waals surface area contributed by atoms with Crippen LogP contribution in [0.25, 0.3) is 0 Å². The van der Waals surface area contributed by atoms with Gasteiger partial charge in [-0.2, -0.15) is 5.10 Å². The molecule has 0 saturated carbocycles. The standard InChI is InChI=1S/C5H6N2O/c1-4-2-3-6-7-5(4)8/h2-3H,1H3,(H,7,8). The lowest BCUT2D eigenvalue weighted by atomic mass is 10.4. The van der Waals surface area contributed by atoms with E-state index in [1.165, 1.54) is 0 Å². The first-order valence-electron chi connectivity index (χ1n) is 2.31. The fourth-order valence-electron chi connectivity index (χ4n) is 0.409. The molecular formula is C5H6N2O. The molecule has 0 spiro atoms. The molecule has 0 aliphatic heterocycles. The Bertz CT molecular complexity index is 228. The Kier molecular flexibility index (Phi) is 1.12. The third kappa shape index (κ3) is 0.753. The number of hydrogen-bond acceptors (Lipinski definition) is 2. The summed E-state index contributed by atoms with van der Waals surface area (Å²) in [7, 11) is 0. The van der Waals surface area contributed by atoms with Crippen LogP contribution >= 0.6 is 0 Å². The summed E-state index contributed by atoms with van der Waals surface area (Å²) in [5, 5.41) is 5.80. The molecule has 0 saturated heterocycles. The van der Waals surface area contributed by atoms with Crippen molar-refractivity contribution in [1.82, 2.24) is 10.2 Å². The predicted octanol–water partition coefficient (Wildman–Crippen LogP) is 0.0783. The lowest BCUT2D eigenvalue weighted by Gasteiger charge is -1.82. The minimum Gasteiger partial charge on any atom is -0.268 e. The summed E-state index contributed by atoms with van der Waals surface area (Å²) in [5.74, 6) is 0. The molecule has 0 fully saturated rings. The highest BCUT2D eigenvalue weighted by Crippen LogP contribution is 1.77. The molecular weight excluding hydrogens is 104 g/mol. The van der Waals surface area contributed by atoms with Gasteiger partial charge < -0.3 is 0 Å². The molecule has 0 atom stereocenters. The van der Waals surface area contributed by atoms with Gasteiger partial charge in [-0.05, 0) is 13.0 Å². The van der Waals surface area contributed by atoms with Gasteiger partial charge in [-0.1, -0.05) is 0 Å². The first-order valence-corrected chi connectivity index (χ1v) is 2.31. The number of aromatic nitrogens is 2. The number of aromatic amines is 1. The van der Waals surface area contributed by atoms with Crippen LogP contribution in [-0.2, 0) is 0 Å². The fraction of sp³-hybridized carbons (Fsp3) is 0.200. The number of hydrogen-bond donors (Lipinski definition) is 1. The molecule has 0 amide bonds. The van der Waals surface area contributed by atoms with Crippen molar-refractivity contribution in [2.45, 2.75) is 6.92 Å². The van der Waals surface area contributed by atoms with Gasteiger partial charge >= 0.3 is 0 Å². The van der Waals surface area contributed by atoms with Crippen LogP contribution in [0, 0.1) is 6.92 Å². The molecule has 42 valence electrons. The maximum Gasteiger partial charge on any atom is 0.267 e. The van der Waals surface area contributed by atoms with E-state index in [-0.39, 0.29) is 5.56 Å². The van der Waals surface area contributed by atoms with Crippen LogP contribution in [0.4, 0.5) is 0 Å². The molecule has 1 N–H and O–H groups in total. The van der Waals surface area contributed by atoms with Crippen molar-refractivity contribution < 1.29 is 0 Å². The minimum absolute atomic E-state index is 0.118. The quantitative estimate of drug-likeness (QED) is 0.514. The number of rotatable bonds is 0. The second kappa shape index (κ2) is 1.78. The topological polar surface area (TPSA) is 45.8 Å². The Morgan fingerprint density at radius 1 is 1.75 bits per heavy atom. The van der Waals surface area contributed by atoms with E-state index >= 15 is 0 Å². The maximum atomic E-state index is 10.5. The van der Waals surface area contributed by atoms with E-state index in [1.54, 1.807) is 19.2 Å². The normalized spacial score (nSPS) is 9.12. The van der Waals surface area contributed by atoms with Crippen molar-refractivity contribution in [3.63, 3.8) is 0 Å². The smallest absolute Gasteiger partial charge is 0.267 e. The zero-order valence-electron chi connectivity index (χ0n) is 4.51. The van der Waals surface area contributed by atoms with Crippen LogP contribution in [0.1, 0.15) is 5.56 Å². The number of aryl methyl sites for hydroxylation is 1. The van der Waals surface area contributed by atoms with E-state index < -0.39 is 0 Å². The summed E-state index contributed by atoms with van der Waals surface area (Å²) >= 11 is 0. The van der Waals surface area contributed by atoms with Crippen LogP contribution in [0.2, 0.25) is 0 Å². The molecule has 1 aromatic rings. The van der Waals surface area contributed by atoms with Gasteiger partial charge in [0.05, 0.1) is 0 Å². The van der Waals surface area contributed by atoms with Crippen LogP contribution in [0.3, 0.4) is 0 Å². The molecule has 8 heavy (non-hydrogen) atoms. The first-order chi connectivity index (χ1) is 3.80. The number of H-pyrrole nitrogens is 1. The summed E-state index contributed by atoms with van der Waals surface area (Å²) in [6, 6.07) is 1.67. The number of nitrogens with zero attached hydrogens (tertiary/aromatic N) is 1. The van der Waals surface area contributed by atoms with Crippen molar-refractivity contribution in [3.8, 4) is 0 Å². The van der Waals surface area contributed by atoms with Gasteiger partial charge in [0.15, 0.2) is 0 Å². The molecule has 3 nitrogen and oxygen atoms in total. The van der Waals surface area contributed by atoms with Crippen LogP contribution in [-0.4, -0.2) is 10.2 Å². The molecule has 0 bridgehead atoms. The lowest BCUT2D eigenvalue weighted by Crippen LogP contribution is -2.08. The van der Waals surface area contributed by atoms with Gasteiger partial charge in [0.1, 0.15) is 0 Å². The largest absolute Gasteiger partial charge is 0.268 e. The lowest BCUT2D eigenvalue weighted by molar-refractivity contribution is 0.969. The summed E-state index contributed by atoms with van der Waals surface area (Å²) in [5.41, 5.74) is 0.576. The van der Waals surface area contributed by atoms with Crippen LogP contribution in [0.5, 0.6) is 0 Å². The summed E-state index contributed by atoms with van der Waals surface area (Å²) in [6.07, 6.45) is 1.55. The molecule has 0 unspecified atom stereocenters. The summed E-state index contributed by atoms with van der Waals surface area (Å²) < 4.78 is 0. The second-order valence-corrected chi connectivity index (χ2v) is 1.57. The zero-order valence-corrected chi connectivity index (χ0v) is 4.51. The molecule has 0 radical (unpaired) electrons.